The van der Waals surface area contributed by atoms with E-state index in [0.717, 1.165) is 49.2 Å². The first-order valence-electron chi connectivity index (χ1n) is 7.65. The van der Waals surface area contributed by atoms with Crippen LogP contribution in [0, 0.1) is 0 Å². The molecule has 2 aromatic rings. The highest BCUT2D eigenvalue weighted by Crippen LogP contribution is 2.28. The number of likely N-dealkylation sites (N-methyl/N-ethyl adjacent to an activating group) is 1. The summed E-state index contributed by atoms with van der Waals surface area (Å²) in [6, 6.07) is 10.1. The van der Waals surface area contributed by atoms with Crippen molar-refractivity contribution < 1.29 is 4.74 Å². The topological polar surface area (TPSA) is 37.4 Å². The van der Waals surface area contributed by atoms with Crippen LogP contribution < -0.4 is 5.32 Å². The van der Waals surface area contributed by atoms with Crippen molar-refractivity contribution in [1.29, 1.82) is 0 Å². The van der Waals surface area contributed by atoms with Crippen molar-refractivity contribution in [2.24, 2.45) is 0 Å². The molecule has 118 valence electrons. The number of rotatable bonds is 4. The summed E-state index contributed by atoms with van der Waals surface area (Å²) < 4.78 is 5.51. The molecule has 0 atom stereocenters. The van der Waals surface area contributed by atoms with E-state index in [1.165, 1.54) is 0 Å². The molecular formula is C17H22ClN3O. The minimum Gasteiger partial charge on any atom is -0.381 e. The highest BCUT2D eigenvalue weighted by Gasteiger charge is 2.34. The quantitative estimate of drug-likeness (QED) is 0.876. The lowest BCUT2D eigenvalue weighted by molar-refractivity contribution is -0.000662. The number of fused-ring (bicyclic) bond motifs is 1. The van der Waals surface area contributed by atoms with E-state index in [2.05, 4.69) is 41.4 Å². The average molecular weight is 320 g/mol. The van der Waals surface area contributed by atoms with Gasteiger partial charge in [-0.25, -0.2) is 4.98 Å². The highest BCUT2D eigenvalue weighted by molar-refractivity contribution is 6.34. The van der Waals surface area contributed by atoms with Gasteiger partial charge in [-0.1, -0.05) is 35.9 Å². The number of hydrogen-bond acceptors (Lipinski definition) is 4. The van der Waals surface area contributed by atoms with Crippen LogP contribution in [0.4, 0.5) is 5.82 Å². The van der Waals surface area contributed by atoms with E-state index >= 15 is 0 Å². The van der Waals surface area contributed by atoms with Crippen LogP contribution in [-0.2, 0) is 4.74 Å². The SMILES string of the molecule is CN(C)C1(CNc2cc3ccccc3c(Cl)n2)CCOCC1. The van der Waals surface area contributed by atoms with Crippen LogP contribution in [0.3, 0.4) is 0 Å². The first-order valence-corrected chi connectivity index (χ1v) is 8.03. The Morgan fingerprint density at radius 2 is 2.00 bits per heavy atom. The normalized spacial score (nSPS) is 17.8. The van der Waals surface area contributed by atoms with Crippen LogP contribution in [0.25, 0.3) is 10.8 Å². The van der Waals surface area contributed by atoms with E-state index < -0.39 is 0 Å². The first kappa shape index (κ1) is 15.5. The molecule has 1 aromatic carbocycles. The summed E-state index contributed by atoms with van der Waals surface area (Å²) >= 11 is 6.30. The van der Waals surface area contributed by atoms with Crippen molar-refractivity contribution in [3.63, 3.8) is 0 Å². The third-order valence-electron chi connectivity index (χ3n) is 4.66. The summed E-state index contributed by atoms with van der Waals surface area (Å²) in [6.45, 7) is 2.46. The van der Waals surface area contributed by atoms with Gasteiger partial charge in [0, 0.05) is 30.7 Å². The largest absolute Gasteiger partial charge is 0.381 e. The minimum absolute atomic E-state index is 0.109. The van der Waals surface area contributed by atoms with E-state index in [9.17, 15) is 0 Å². The third kappa shape index (κ3) is 3.05. The van der Waals surface area contributed by atoms with Crippen molar-refractivity contribution in [3.05, 3.63) is 35.5 Å². The Balaban J connectivity index is 1.80. The molecule has 1 saturated heterocycles. The van der Waals surface area contributed by atoms with Gasteiger partial charge in [-0.2, -0.15) is 0 Å². The Labute approximate surface area is 136 Å². The second kappa shape index (κ2) is 6.41. The lowest BCUT2D eigenvalue weighted by Gasteiger charge is -2.43. The van der Waals surface area contributed by atoms with E-state index in [-0.39, 0.29) is 5.54 Å². The van der Waals surface area contributed by atoms with Gasteiger partial charge in [-0.05, 0) is 38.4 Å². The second-order valence-corrected chi connectivity index (χ2v) is 6.46. The van der Waals surface area contributed by atoms with E-state index in [0.29, 0.717) is 5.15 Å². The van der Waals surface area contributed by atoms with Crippen LogP contribution >= 0.6 is 11.6 Å². The number of ether oxygens (including phenoxy) is 1. The average Bonchev–Trinajstić information content (AvgIpc) is 2.54. The van der Waals surface area contributed by atoms with Crippen molar-refractivity contribution in [2.45, 2.75) is 18.4 Å². The van der Waals surface area contributed by atoms with Gasteiger partial charge in [0.15, 0.2) is 0 Å². The molecule has 4 nitrogen and oxygen atoms in total. The zero-order valence-corrected chi connectivity index (χ0v) is 13.9. The summed E-state index contributed by atoms with van der Waals surface area (Å²) in [7, 11) is 4.27. The van der Waals surface area contributed by atoms with Crippen molar-refractivity contribution in [3.8, 4) is 0 Å². The predicted octanol–water partition coefficient (Wildman–Crippen LogP) is 3.41. The molecule has 2 heterocycles. The fourth-order valence-corrected chi connectivity index (χ4v) is 3.30. The molecule has 1 N–H and O–H groups in total. The van der Waals surface area contributed by atoms with Gasteiger partial charge in [0.05, 0.1) is 0 Å². The number of hydrogen-bond donors (Lipinski definition) is 1. The maximum Gasteiger partial charge on any atom is 0.139 e. The molecule has 0 radical (unpaired) electrons. The molecule has 0 saturated carbocycles. The molecule has 22 heavy (non-hydrogen) atoms. The molecule has 1 aliphatic heterocycles. The molecule has 1 fully saturated rings. The number of nitrogens with one attached hydrogen (secondary N) is 1. The lowest BCUT2D eigenvalue weighted by atomic mass is 9.88. The molecular weight excluding hydrogens is 298 g/mol. The summed E-state index contributed by atoms with van der Waals surface area (Å²) in [5, 5.41) is 6.12. The number of anilines is 1. The molecule has 0 spiro atoms. The van der Waals surface area contributed by atoms with Gasteiger partial charge >= 0.3 is 0 Å². The number of nitrogens with zero attached hydrogens (tertiary/aromatic N) is 2. The van der Waals surface area contributed by atoms with E-state index in [1.807, 2.05) is 18.2 Å². The molecule has 1 aromatic heterocycles. The van der Waals surface area contributed by atoms with Gasteiger partial charge < -0.3 is 15.0 Å². The van der Waals surface area contributed by atoms with Gasteiger partial charge in [0.25, 0.3) is 0 Å². The second-order valence-electron chi connectivity index (χ2n) is 6.10. The molecule has 0 bridgehead atoms. The molecule has 3 rings (SSSR count). The monoisotopic (exact) mass is 319 g/mol. The van der Waals surface area contributed by atoms with Crippen LogP contribution in [0.15, 0.2) is 30.3 Å². The first-order chi connectivity index (χ1) is 10.6. The minimum atomic E-state index is 0.109. The van der Waals surface area contributed by atoms with Crippen molar-refractivity contribution >= 4 is 28.2 Å². The highest BCUT2D eigenvalue weighted by atomic mass is 35.5. The van der Waals surface area contributed by atoms with Crippen LogP contribution in [0.2, 0.25) is 5.15 Å². The van der Waals surface area contributed by atoms with Crippen LogP contribution in [-0.4, -0.2) is 49.3 Å². The lowest BCUT2D eigenvalue weighted by Crippen LogP contribution is -2.53. The van der Waals surface area contributed by atoms with Gasteiger partial charge in [-0.15, -0.1) is 0 Å². The van der Waals surface area contributed by atoms with Gasteiger partial charge in [-0.3, -0.25) is 0 Å². The maximum atomic E-state index is 6.30. The third-order valence-corrected chi connectivity index (χ3v) is 4.95. The molecule has 1 aliphatic rings. The van der Waals surface area contributed by atoms with Crippen molar-refractivity contribution in [2.75, 3.05) is 39.2 Å². The molecule has 0 aliphatic carbocycles. The molecule has 0 amide bonds. The standard InChI is InChI=1S/C17H22ClN3O/c1-21(2)17(7-9-22-10-8-17)12-19-15-11-13-5-3-4-6-14(13)16(18)20-15/h3-6,11H,7-10,12H2,1-2H3,(H,19,20). The number of halogens is 1. The number of benzene rings is 1. The van der Waals surface area contributed by atoms with E-state index in [1.54, 1.807) is 0 Å². The van der Waals surface area contributed by atoms with Crippen LogP contribution in [0.5, 0.6) is 0 Å². The zero-order valence-electron chi connectivity index (χ0n) is 13.1. The van der Waals surface area contributed by atoms with Crippen molar-refractivity contribution in [1.82, 2.24) is 9.88 Å². The Morgan fingerprint density at radius 1 is 1.27 bits per heavy atom. The fourth-order valence-electron chi connectivity index (χ4n) is 3.04. The Kier molecular flexibility index (Phi) is 4.52. The predicted molar refractivity (Wildman–Crippen MR) is 91.7 cm³/mol. The van der Waals surface area contributed by atoms with Gasteiger partial charge in [0.1, 0.15) is 11.0 Å². The fraction of sp³-hybridized carbons (Fsp3) is 0.471. The summed E-state index contributed by atoms with van der Waals surface area (Å²) in [6.07, 6.45) is 2.04. The Morgan fingerprint density at radius 3 is 2.73 bits per heavy atom. The Bertz CT molecular complexity index is 653. The smallest absolute Gasteiger partial charge is 0.139 e. The summed E-state index contributed by atoms with van der Waals surface area (Å²) in [4.78, 5) is 6.78. The van der Waals surface area contributed by atoms with Crippen LogP contribution in [0.1, 0.15) is 12.8 Å². The van der Waals surface area contributed by atoms with E-state index in [4.69, 9.17) is 16.3 Å². The molecule has 5 heteroatoms. The van der Waals surface area contributed by atoms with Gasteiger partial charge in [0.2, 0.25) is 0 Å². The summed E-state index contributed by atoms with van der Waals surface area (Å²) in [5.41, 5.74) is 0.109. The number of pyridine rings is 1. The zero-order chi connectivity index (χ0) is 15.6. The Hall–Kier alpha value is -1.36. The maximum absolute atomic E-state index is 6.30. The summed E-state index contributed by atoms with van der Waals surface area (Å²) in [5.74, 6) is 0.830. The molecule has 0 unspecified atom stereocenters. The number of aromatic nitrogens is 1.